The van der Waals surface area contributed by atoms with E-state index < -0.39 is 0 Å². The number of hydrogen-bond donors (Lipinski definition) is 1. The minimum Gasteiger partial charge on any atom is -0.497 e. The molecule has 0 saturated heterocycles. The third-order valence-corrected chi connectivity index (χ3v) is 3.52. The second-order valence-corrected chi connectivity index (χ2v) is 5.03. The Kier molecular flexibility index (Phi) is 4.99. The molecule has 2 rings (SSSR count). The first kappa shape index (κ1) is 14.8. The van der Waals surface area contributed by atoms with E-state index >= 15 is 0 Å². The van der Waals surface area contributed by atoms with Crippen LogP contribution in [0, 0.1) is 5.82 Å². The number of halogens is 2. The molecule has 1 unspecified atom stereocenters. The summed E-state index contributed by atoms with van der Waals surface area (Å²) in [6.07, 6.45) is 0. The number of rotatable bonds is 5. The first-order valence-electron chi connectivity index (χ1n) is 6.41. The van der Waals surface area contributed by atoms with Gasteiger partial charge in [0.1, 0.15) is 11.6 Å². The summed E-state index contributed by atoms with van der Waals surface area (Å²) in [5, 5.41) is 3.50. The molecule has 0 bridgehead atoms. The summed E-state index contributed by atoms with van der Waals surface area (Å²) in [5.41, 5.74) is 2.02. The molecule has 106 valence electrons. The Morgan fingerprint density at radius 1 is 1.20 bits per heavy atom. The van der Waals surface area contributed by atoms with Crippen molar-refractivity contribution in [2.45, 2.75) is 19.5 Å². The maximum Gasteiger partial charge on any atom is 0.142 e. The molecule has 0 fully saturated rings. The van der Waals surface area contributed by atoms with E-state index in [4.69, 9.17) is 16.3 Å². The van der Waals surface area contributed by atoms with Crippen LogP contribution in [0.25, 0.3) is 0 Å². The lowest BCUT2D eigenvalue weighted by molar-refractivity contribution is 0.414. The van der Waals surface area contributed by atoms with Gasteiger partial charge in [-0.3, -0.25) is 0 Å². The normalized spacial score (nSPS) is 12.2. The Balaban J connectivity index is 1.96. The molecule has 0 heterocycles. The van der Waals surface area contributed by atoms with Gasteiger partial charge in [0.05, 0.1) is 12.1 Å². The van der Waals surface area contributed by atoms with Gasteiger partial charge < -0.3 is 10.1 Å². The molecule has 0 amide bonds. The van der Waals surface area contributed by atoms with Gasteiger partial charge in [-0.05, 0) is 42.3 Å². The summed E-state index contributed by atoms with van der Waals surface area (Å²) in [6.45, 7) is 2.70. The molecular formula is C16H17ClFNO. The Morgan fingerprint density at radius 3 is 2.50 bits per heavy atom. The lowest BCUT2D eigenvalue weighted by Gasteiger charge is -2.15. The molecule has 0 aromatic heterocycles. The van der Waals surface area contributed by atoms with Crippen molar-refractivity contribution >= 4 is 11.6 Å². The van der Waals surface area contributed by atoms with Crippen molar-refractivity contribution in [1.82, 2.24) is 5.32 Å². The number of hydrogen-bond acceptors (Lipinski definition) is 2. The highest BCUT2D eigenvalue weighted by Crippen LogP contribution is 2.20. The van der Waals surface area contributed by atoms with Crippen molar-refractivity contribution < 1.29 is 9.13 Å². The quantitative estimate of drug-likeness (QED) is 0.885. The van der Waals surface area contributed by atoms with E-state index in [1.165, 1.54) is 6.07 Å². The molecule has 2 nitrogen and oxygen atoms in total. The van der Waals surface area contributed by atoms with E-state index in [1.54, 1.807) is 13.2 Å². The predicted octanol–water partition coefficient (Wildman–Crippen LogP) is 4.34. The highest BCUT2D eigenvalue weighted by Gasteiger charge is 2.08. The van der Waals surface area contributed by atoms with Crippen molar-refractivity contribution in [3.05, 3.63) is 64.4 Å². The highest BCUT2D eigenvalue weighted by molar-refractivity contribution is 6.30. The number of benzene rings is 2. The molecule has 0 aliphatic carbocycles. The molecule has 2 aromatic carbocycles. The zero-order chi connectivity index (χ0) is 14.5. The summed E-state index contributed by atoms with van der Waals surface area (Å²) in [7, 11) is 1.64. The van der Waals surface area contributed by atoms with E-state index in [0.717, 1.165) is 16.9 Å². The molecule has 1 N–H and O–H groups in total. The van der Waals surface area contributed by atoms with Crippen LogP contribution < -0.4 is 10.1 Å². The minimum absolute atomic E-state index is 0.0452. The zero-order valence-electron chi connectivity index (χ0n) is 11.5. The van der Waals surface area contributed by atoms with Crippen LogP contribution in [0.3, 0.4) is 0 Å². The number of ether oxygens (including phenoxy) is 1. The van der Waals surface area contributed by atoms with E-state index in [-0.39, 0.29) is 16.9 Å². The van der Waals surface area contributed by atoms with E-state index in [2.05, 4.69) is 5.32 Å². The summed E-state index contributed by atoms with van der Waals surface area (Å²) < 4.78 is 18.5. The molecule has 4 heteroatoms. The molecule has 0 radical (unpaired) electrons. The van der Waals surface area contributed by atoms with Crippen molar-refractivity contribution in [3.63, 3.8) is 0 Å². The van der Waals surface area contributed by atoms with E-state index in [9.17, 15) is 4.39 Å². The van der Waals surface area contributed by atoms with Gasteiger partial charge in [0.15, 0.2) is 0 Å². The van der Waals surface area contributed by atoms with Crippen LogP contribution >= 0.6 is 11.6 Å². The topological polar surface area (TPSA) is 21.3 Å². The van der Waals surface area contributed by atoms with Crippen LogP contribution in [0.4, 0.5) is 4.39 Å². The van der Waals surface area contributed by atoms with Crippen LogP contribution in [0.15, 0.2) is 42.5 Å². The monoisotopic (exact) mass is 293 g/mol. The molecule has 2 aromatic rings. The minimum atomic E-state index is -0.387. The standard InChI is InChI=1S/C16H17ClFNO/c1-11(13-5-8-15(17)16(18)9-13)19-10-12-3-6-14(20-2)7-4-12/h3-9,11,19H,10H2,1-2H3. The van der Waals surface area contributed by atoms with Crippen molar-refractivity contribution in [2.75, 3.05) is 7.11 Å². The maximum absolute atomic E-state index is 13.4. The molecular weight excluding hydrogens is 277 g/mol. The molecule has 0 saturated carbocycles. The fourth-order valence-corrected chi connectivity index (χ4v) is 2.03. The SMILES string of the molecule is COc1ccc(CNC(C)c2ccc(Cl)c(F)c2)cc1. The summed E-state index contributed by atoms with van der Waals surface area (Å²) in [6, 6.07) is 12.8. The van der Waals surface area contributed by atoms with Crippen LogP contribution in [0.2, 0.25) is 5.02 Å². The summed E-state index contributed by atoms with van der Waals surface area (Å²) in [4.78, 5) is 0. The van der Waals surface area contributed by atoms with Crippen molar-refractivity contribution in [1.29, 1.82) is 0 Å². The Labute approximate surface area is 123 Å². The largest absolute Gasteiger partial charge is 0.497 e. The molecule has 0 aliphatic rings. The second kappa shape index (κ2) is 6.73. The lowest BCUT2D eigenvalue weighted by Crippen LogP contribution is -2.18. The van der Waals surface area contributed by atoms with Gasteiger partial charge in [-0.25, -0.2) is 4.39 Å². The molecule has 0 aliphatic heterocycles. The molecule has 20 heavy (non-hydrogen) atoms. The Bertz CT molecular complexity index is 571. The van der Waals surface area contributed by atoms with Gasteiger partial charge >= 0.3 is 0 Å². The van der Waals surface area contributed by atoms with E-state index in [1.807, 2.05) is 37.3 Å². The predicted molar refractivity (Wildman–Crippen MR) is 79.7 cm³/mol. The van der Waals surface area contributed by atoms with Crippen LogP contribution in [-0.2, 0) is 6.54 Å². The first-order chi connectivity index (χ1) is 9.60. The second-order valence-electron chi connectivity index (χ2n) is 4.62. The third kappa shape index (κ3) is 3.71. The van der Waals surface area contributed by atoms with Crippen molar-refractivity contribution in [2.24, 2.45) is 0 Å². The van der Waals surface area contributed by atoms with Gasteiger partial charge in [-0.2, -0.15) is 0 Å². The van der Waals surface area contributed by atoms with Gasteiger partial charge in [-0.1, -0.05) is 29.8 Å². The Hall–Kier alpha value is -1.58. The van der Waals surface area contributed by atoms with Gasteiger partial charge in [0.2, 0.25) is 0 Å². The highest BCUT2D eigenvalue weighted by atomic mass is 35.5. The van der Waals surface area contributed by atoms with Gasteiger partial charge in [0.25, 0.3) is 0 Å². The zero-order valence-corrected chi connectivity index (χ0v) is 12.2. The third-order valence-electron chi connectivity index (χ3n) is 3.22. The average Bonchev–Trinajstić information content (AvgIpc) is 2.48. The van der Waals surface area contributed by atoms with Crippen LogP contribution in [-0.4, -0.2) is 7.11 Å². The molecule has 0 spiro atoms. The fourth-order valence-electron chi connectivity index (χ4n) is 1.91. The number of methoxy groups -OCH3 is 1. The van der Waals surface area contributed by atoms with E-state index in [0.29, 0.717) is 6.54 Å². The van der Waals surface area contributed by atoms with Gasteiger partial charge in [0, 0.05) is 12.6 Å². The van der Waals surface area contributed by atoms with Crippen LogP contribution in [0.1, 0.15) is 24.1 Å². The fraction of sp³-hybridized carbons (Fsp3) is 0.250. The smallest absolute Gasteiger partial charge is 0.142 e. The van der Waals surface area contributed by atoms with Gasteiger partial charge in [-0.15, -0.1) is 0 Å². The molecule has 1 atom stereocenters. The first-order valence-corrected chi connectivity index (χ1v) is 6.79. The number of nitrogens with one attached hydrogen (secondary N) is 1. The summed E-state index contributed by atoms with van der Waals surface area (Å²) >= 11 is 5.68. The summed E-state index contributed by atoms with van der Waals surface area (Å²) in [5.74, 6) is 0.448. The Morgan fingerprint density at radius 2 is 1.90 bits per heavy atom. The lowest BCUT2D eigenvalue weighted by atomic mass is 10.1. The maximum atomic E-state index is 13.4. The average molecular weight is 294 g/mol. The van der Waals surface area contributed by atoms with Crippen LogP contribution in [0.5, 0.6) is 5.75 Å². The van der Waals surface area contributed by atoms with Crippen molar-refractivity contribution in [3.8, 4) is 5.75 Å².